The molecule has 0 bridgehead atoms. The van der Waals surface area contributed by atoms with Gasteiger partial charge in [-0.05, 0) is 46.5 Å². The zero-order valence-electron chi connectivity index (χ0n) is 13.4. The molecule has 1 unspecified atom stereocenters. The largest absolute Gasteiger partial charge is 0.494 e. The first-order valence-corrected chi connectivity index (χ1v) is 9.27. The van der Waals surface area contributed by atoms with E-state index in [1.54, 1.807) is 0 Å². The molecule has 2 heterocycles. The van der Waals surface area contributed by atoms with Gasteiger partial charge in [-0.1, -0.05) is 6.07 Å². The van der Waals surface area contributed by atoms with Gasteiger partial charge in [0.15, 0.2) is 11.6 Å². The summed E-state index contributed by atoms with van der Waals surface area (Å²) < 4.78 is 18.6. The Labute approximate surface area is 152 Å². The zero-order valence-corrected chi connectivity index (χ0v) is 15.0. The molecule has 4 nitrogen and oxygen atoms in total. The second-order valence-corrected chi connectivity index (χ2v) is 7.11. The Bertz CT molecular complexity index is 813. The molecular formula is C18H16FNO3S2. The summed E-state index contributed by atoms with van der Waals surface area (Å²) in [7, 11) is 1.36. The number of methoxy groups -OCH3 is 1. The maximum absolute atomic E-state index is 13.8. The van der Waals surface area contributed by atoms with E-state index in [2.05, 4.69) is 5.32 Å². The minimum absolute atomic E-state index is 0.0171. The van der Waals surface area contributed by atoms with Crippen molar-refractivity contribution < 1.29 is 19.0 Å². The Morgan fingerprint density at radius 1 is 1.32 bits per heavy atom. The Balaban J connectivity index is 1.80. The van der Waals surface area contributed by atoms with Crippen molar-refractivity contribution in [2.24, 2.45) is 0 Å². The summed E-state index contributed by atoms with van der Waals surface area (Å²) in [6, 6.07) is 9.48. The van der Waals surface area contributed by atoms with E-state index in [9.17, 15) is 14.3 Å². The first-order valence-electron chi connectivity index (χ1n) is 7.45. The van der Waals surface area contributed by atoms with Gasteiger partial charge >= 0.3 is 0 Å². The number of hydrogen-bond acceptors (Lipinski definition) is 5. The van der Waals surface area contributed by atoms with Gasteiger partial charge in [0, 0.05) is 16.0 Å². The molecule has 0 aliphatic heterocycles. The maximum Gasteiger partial charge on any atom is 0.251 e. The van der Waals surface area contributed by atoms with Crippen LogP contribution >= 0.6 is 22.7 Å². The van der Waals surface area contributed by atoms with Crippen molar-refractivity contribution in [3.05, 3.63) is 74.4 Å². The van der Waals surface area contributed by atoms with E-state index in [0.717, 1.165) is 10.9 Å². The van der Waals surface area contributed by atoms with Gasteiger partial charge in [0.05, 0.1) is 13.7 Å². The van der Waals surface area contributed by atoms with E-state index in [1.807, 2.05) is 34.3 Å². The Morgan fingerprint density at radius 3 is 2.76 bits per heavy atom. The fourth-order valence-electron chi connectivity index (χ4n) is 2.46. The molecule has 0 aliphatic carbocycles. The van der Waals surface area contributed by atoms with E-state index in [-0.39, 0.29) is 17.9 Å². The predicted octanol–water partition coefficient (Wildman–Crippen LogP) is 3.62. The molecule has 0 aliphatic rings. The van der Waals surface area contributed by atoms with Crippen LogP contribution in [0.25, 0.3) is 0 Å². The molecule has 130 valence electrons. The second kappa shape index (κ2) is 7.35. The number of carbonyl (C=O) groups is 1. The first kappa shape index (κ1) is 17.6. The second-order valence-electron chi connectivity index (χ2n) is 5.38. The molecular weight excluding hydrogens is 361 g/mol. The molecule has 0 radical (unpaired) electrons. The summed E-state index contributed by atoms with van der Waals surface area (Å²) in [6.07, 6.45) is 0. The number of rotatable bonds is 6. The van der Waals surface area contributed by atoms with Crippen molar-refractivity contribution in [3.63, 3.8) is 0 Å². The third-order valence-corrected chi connectivity index (χ3v) is 5.55. The van der Waals surface area contributed by atoms with Gasteiger partial charge in [-0.3, -0.25) is 4.79 Å². The van der Waals surface area contributed by atoms with Gasteiger partial charge in [0.2, 0.25) is 0 Å². The normalized spacial score (nSPS) is 13.2. The zero-order chi connectivity index (χ0) is 17.9. The Morgan fingerprint density at radius 2 is 2.16 bits per heavy atom. The smallest absolute Gasteiger partial charge is 0.251 e. The average Bonchev–Trinajstić information content (AvgIpc) is 3.33. The lowest BCUT2D eigenvalue weighted by atomic mass is 9.94. The summed E-state index contributed by atoms with van der Waals surface area (Å²) in [5, 5.41) is 19.5. The highest BCUT2D eigenvalue weighted by Crippen LogP contribution is 2.33. The van der Waals surface area contributed by atoms with Crippen LogP contribution < -0.4 is 10.1 Å². The van der Waals surface area contributed by atoms with Gasteiger partial charge in [0.25, 0.3) is 5.91 Å². The molecule has 3 aromatic rings. The molecule has 0 fully saturated rings. The highest BCUT2D eigenvalue weighted by atomic mass is 32.1. The maximum atomic E-state index is 13.8. The Hall–Kier alpha value is -2.22. The van der Waals surface area contributed by atoms with Crippen LogP contribution in [0.2, 0.25) is 0 Å². The standard InChI is InChI=1S/C18H16FNO3S2/c1-23-15-5-4-12(9-14(15)19)17(21)20-11-18(22,13-6-8-24-10-13)16-3-2-7-25-16/h2-10,22H,11H2,1H3,(H,20,21). The quantitative estimate of drug-likeness (QED) is 0.690. The van der Waals surface area contributed by atoms with Crippen molar-refractivity contribution in [3.8, 4) is 5.75 Å². The number of amides is 1. The van der Waals surface area contributed by atoms with Gasteiger partial charge < -0.3 is 15.2 Å². The van der Waals surface area contributed by atoms with Gasteiger partial charge in [-0.25, -0.2) is 4.39 Å². The third-order valence-electron chi connectivity index (χ3n) is 3.85. The summed E-state index contributed by atoms with van der Waals surface area (Å²) in [5.41, 5.74) is -0.451. The van der Waals surface area contributed by atoms with Gasteiger partial charge in [-0.15, -0.1) is 11.3 Å². The van der Waals surface area contributed by atoms with Gasteiger partial charge in [0.1, 0.15) is 5.60 Å². The molecule has 3 rings (SSSR count). The fraction of sp³-hybridized carbons (Fsp3) is 0.167. The van der Waals surface area contributed by atoms with Crippen LogP contribution in [0.1, 0.15) is 20.8 Å². The van der Waals surface area contributed by atoms with E-state index >= 15 is 0 Å². The molecule has 2 N–H and O–H groups in total. The van der Waals surface area contributed by atoms with Crippen LogP contribution in [0.5, 0.6) is 5.75 Å². The molecule has 7 heteroatoms. The molecule has 1 amide bonds. The van der Waals surface area contributed by atoms with Crippen molar-refractivity contribution in [1.29, 1.82) is 0 Å². The number of ether oxygens (including phenoxy) is 1. The number of thiophene rings is 2. The van der Waals surface area contributed by atoms with Crippen LogP contribution in [0.15, 0.2) is 52.5 Å². The molecule has 0 saturated carbocycles. The molecule has 2 aromatic heterocycles. The topological polar surface area (TPSA) is 58.6 Å². The fourth-order valence-corrected chi connectivity index (χ4v) is 4.03. The van der Waals surface area contributed by atoms with Crippen LogP contribution in [-0.4, -0.2) is 24.7 Å². The number of carbonyl (C=O) groups excluding carboxylic acids is 1. The number of aliphatic hydroxyl groups is 1. The van der Waals surface area contributed by atoms with Crippen LogP contribution in [0, 0.1) is 5.82 Å². The molecule has 1 aromatic carbocycles. The third kappa shape index (κ3) is 3.58. The monoisotopic (exact) mass is 377 g/mol. The first-order chi connectivity index (χ1) is 12.0. The number of benzene rings is 1. The minimum atomic E-state index is -1.32. The van der Waals surface area contributed by atoms with Crippen molar-refractivity contribution in [2.75, 3.05) is 13.7 Å². The van der Waals surface area contributed by atoms with Crippen molar-refractivity contribution in [2.45, 2.75) is 5.60 Å². The number of hydrogen-bond donors (Lipinski definition) is 2. The SMILES string of the molecule is COc1ccc(C(=O)NCC(O)(c2ccsc2)c2cccs2)cc1F. The molecule has 0 saturated heterocycles. The summed E-state index contributed by atoms with van der Waals surface area (Å²) >= 11 is 2.88. The molecule has 1 atom stereocenters. The lowest BCUT2D eigenvalue weighted by Crippen LogP contribution is -2.41. The lowest BCUT2D eigenvalue weighted by molar-refractivity contribution is 0.0720. The molecule has 25 heavy (non-hydrogen) atoms. The van der Waals surface area contributed by atoms with Crippen molar-refractivity contribution >= 4 is 28.6 Å². The van der Waals surface area contributed by atoms with E-state index in [1.165, 1.54) is 41.9 Å². The van der Waals surface area contributed by atoms with Crippen LogP contribution in [-0.2, 0) is 5.60 Å². The van der Waals surface area contributed by atoms with Gasteiger partial charge in [-0.2, -0.15) is 11.3 Å². The molecule has 0 spiro atoms. The van der Waals surface area contributed by atoms with Crippen LogP contribution in [0.3, 0.4) is 0 Å². The summed E-state index contributed by atoms with van der Waals surface area (Å²) in [6.45, 7) is -0.0171. The lowest BCUT2D eigenvalue weighted by Gasteiger charge is -2.27. The average molecular weight is 377 g/mol. The van der Waals surface area contributed by atoms with E-state index < -0.39 is 17.3 Å². The van der Waals surface area contributed by atoms with E-state index in [4.69, 9.17) is 4.74 Å². The van der Waals surface area contributed by atoms with Crippen molar-refractivity contribution in [1.82, 2.24) is 5.32 Å². The van der Waals surface area contributed by atoms with Crippen LogP contribution in [0.4, 0.5) is 4.39 Å². The number of halogens is 1. The number of nitrogens with one attached hydrogen (secondary N) is 1. The van der Waals surface area contributed by atoms with E-state index in [0.29, 0.717) is 5.56 Å². The minimum Gasteiger partial charge on any atom is -0.494 e. The summed E-state index contributed by atoms with van der Waals surface area (Å²) in [4.78, 5) is 13.1. The highest BCUT2D eigenvalue weighted by molar-refractivity contribution is 7.10. The highest BCUT2D eigenvalue weighted by Gasteiger charge is 2.33. The predicted molar refractivity (Wildman–Crippen MR) is 96.9 cm³/mol. The Kier molecular flexibility index (Phi) is 5.17. The summed E-state index contributed by atoms with van der Waals surface area (Å²) in [5.74, 6) is -1.00.